The summed E-state index contributed by atoms with van der Waals surface area (Å²) < 4.78 is 19.7. The summed E-state index contributed by atoms with van der Waals surface area (Å²) in [5.41, 5.74) is 0. The summed E-state index contributed by atoms with van der Waals surface area (Å²) in [4.78, 5) is 2.14. The monoisotopic (exact) mass is 826 g/mol. The highest BCUT2D eigenvalue weighted by atomic mass is 28.4. The first kappa shape index (κ1) is 56.7. The zero-order valence-corrected chi connectivity index (χ0v) is 40.9. The van der Waals surface area contributed by atoms with Gasteiger partial charge in [0.05, 0.1) is 13.2 Å². The van der Waals surface area contributed by atoms with E-state index in [2.05, 4.69) is 71.7 Å². The fourth-order valence-corrected chi connectivity index (χ4v) is 9.53. The van der Waals surface area contributed by atoms with Crippen LogP contribution in [0.1, 0.15) is 221 Å². The third kappa shape index (κ3) is 40.9. The van der Waals surface area contributed by atoms with Crippen LogP contribution < -0.4 is 0 Å². The van der Waals surface area contributed by atoms with Crippen LogP contribution in [0.25, 0.3) is 0 Å². The van der Waals surface area contributed by atoms with Crippen LogP contribution in [-0.2, 0) is 13.6 Å². The number of aliphatic hydroxyl groups excluding tert-OH is 2. The molecule has 0 aliphatic carbocycles. The molecule has 0 aromatic rings. The van der Waals surface area contributed by atoms with Crippen molar-refractivity contribution < 1.29 is 23.8 Å². The van der Waals surface area contributed by atoms with Crippen LogP contribution in [0.5, 0.6) is 0 Å². The van der Waals surface area contributed by atoms with Crippen LogP contribution in [0.4, 0.5) is 0 Å². The van der Waals surface area contributed by atoms with Crippen molar-refractivity contribution in [1.29, 1.82) is 0 Å². The molecule has 0 amide bonds. The molecule has 6 nitrogen and oxygen atoms in total. The lowest BCUT2D eigenvalue weighted by atomic mass is 9.91. The van der Waals surface area contributed by atoms with Crippen molar-refractivity contribution in [3.8, 4) is 0 Å². The normalized spacial score (nSPS) is 14.7. The van der Waals surface area contributed by atoms with Crippen molar-refractivity contribution in [3.63, 3.8) is 0 Å². The Kier molecular flexibility index (Phi) is 40.9. The van der Waals surface area contributed by atoms with Crippen molar-refractivity contribution in [2.24, 2.45) is 23.7 Å². The van der Waals surface area contributed by atoms with E-state index in [9.17, 15) is 10.2 Å². The molecule has 0 aromatic carbocycles. The summed E-state index contributed by atoms with van der Waals surface area (Å²) in [5.74, 6) is 3.10. The van der Waals surface area contributed by atoms with E-state index in [4.69, 9.17) is 13.6 Å². The van der Waals surface area contributed by atoms with Gasteiger partial charge in [-0.25, -0.2) is 0 Å². The van der Waals surface area contributed by atoms with Gasteiger partial charge in [-0.05, 0) is 88.3 Å². The first-order chi connectivity index (χ1) is 27.5. The fraction of sp³-hybridized carbons (Fsp3) is 0.960. The van der Waals surface area contributed by atoms with Gasteiger partial charge in [-0.2, -0.15) is 0 Å². The molecule has 342 valence electrons. The first-order valence-corrected chi connectivity index (χ1v) is 27.9. The van der Waals surface area contributed by atoms with E-state index < -0.39 is 8.56 Å². The first-order valence-electron chi connectivity index (χ1n) is 25.0. The maximum atomic E-state index is 9.25. The molecule has 0 aliphatic rings. The molecule has 0 saturated carbocycles. The average Bonchev–Trinajstić information content (AvgIpc) is 3.15. The molecule has 2 N–H and O–H groups in total. The van der Waals surface area contributed by atoms with E-state index in [1.165, 1.54) is 141 Å². The lowest BCUT2D eigenvalue weighted by molar-refractivity contribution is -0.110. The number of rotatable bonds is 45. The van der Waals surface area contributed by atoms with Gasteiger partial charge in [-0.3, -0.25) is 4.90 Å². The molecule has 57 heavy (non-hydrogen) atoms. The second-order valence-electron chi connectivity index (χ2n) is 19.0. The Bertz CT molecular complexity index is 836. The predicted octanol–water partition coefficient (Wildman–Crippen LogP) is 14.4. The minimum atomic E-state index is -2.34. The standard InChI is InChI=1S/C50H103NO5Si/c1-9-10-11-12-13-14-15-16-17-18-19-20-21-22-24-27-43-54-50(56-57(7,8)55-44-28-25-23-26-38-51(39-41-52)40-42-53)45-49(6)37-31-36-48(5)35-30-34-47(4)33-29-32-46(2)3/h16-17,46-50,52-53H,9-15,18-45H2,1-8H3/b17-16-. The number of allylic oxidation sites excluding steroid dienone is 2. The lowest BCUT2D eigenvalue weighted by Crippen LogP contribution is -2.41. The van der Waals surface area contributed by atoms with E-state index in [1.807, 2.05) is 0 Å². The highest BCUT2D eigenvalue weighted by molar-refractivity contribution is 6.64. The van der Waals surface area contributed by atoms with E-state index in [1.54, 1.807) is 0 Å². The molecule has 0 fully saturated rings. The van der Waals surface area contributed by atoms with Gasteiger partial charge >= 0.3 is 8.56 Å². The summed E-state index contributed by atoms with van der Waals surface area (Å²) in [6.45, 7) is 22.7. The molecule has 0 saturated heterocycles. The van der Waals surface area contributed by atoms with Crippen LogP contribution in [0.2, 0.25) is 13.1 Å². The summed E-state index contributed by atoms with van der Waals surface area (Å²) in [6.07, 6.45) is 40.6. The Balaban J connectivity index is 4.59. The molecular weight excluding hydrogens is 723 g/mol. The van der Waals surface area contributed by atoms with E-state index in [0.717, 1.165) is 76.0 Å². The minimum Gasteiger partial charge on any atom is -0.395 e. The Morgan fingerprint density at radius 2 is 0.965 bits per heavy atom. The third-order valence-corrected chi connectivity index (χ3v) is 13.6. The maximum absolute atomic E-state index is 9.25. The number of nitrogens with zero attached hydrogens (tertiary/aromatic N) is 1. The molecule has 0 aliphatic heterocycles. The molecule has 0 rings (SSSR count). The quantitative estimate of drug-likeness (QED) is 0.0276. The van der Waals surface area contributed by atoms with E-state index in [-0.39, 0.29) is 19.5 Å². The number of ether oxygens (including phenoxy) is 1. The molecule has 0 heterocycles. The van der Waals surface area contributed by atoms with Crippen LogP contribution in [0, 0.1) is 23.7 Å². The van der Waals surface area contributed by atoms with Crippen LogP contribution >= 0.6 is 0 Å². The summed E-state index contributed by atoms with van der Waals surface area (Å²) in [6, 6.07) is 0. The van der Waals surface area contributed by atoms with Gasteiger partial charge < -0.3 is 23.8 Å². The van der Waals surface area contributed by atoms with Gasteiger partial charge in [0.25, 0.3) is 0 Å². The third-order valence-electron chi connectivity index (χ3n) is 11.9. The van der Waals surface area contributed by atoms with Crippen LogP contribution in [0.3, 0.4) is 0 Å². The highest BCUT2D eigenvalue weighted by Gasteiger charge is 2.30. The van der Waals surface area contributed by atoms with Crippen molar-refractivity contribution in [3.05, 3.63) is 12.2 Å². The summed E-state index contributed by atoms with van der Waals surface area (Å²) in [7, 11) is -2.34. The molecule has 4 atom stereocenters. The topological polar surface area (TPSA) is 71.4 Å². The number of hydrogen-bond acceptors (Lipinski definition) is 6. The summed E-state index contributed by atoms with van der Waals surface area (Å²) >= 11 is 0. The predicted molar refractivity (Wildman–Crippen MR) is 251 cm³/mol. The second kappa shape index (κ2) is 41.1. The average molecular weight is 826 g/mol. The SMILES string of the molecule is CCCCCCCC/C=C\CCCCCCCCOC(CC(C)CCCC(C)CCCC(C)CCCC(C)C)O[Si](C)(C)OCCCCCCN(CCO)CCO. The van der Waals surface area contributed by atoms with E-state index in [0.29, 0.717) is 19.0 Å². The van der Waals surface area contributed by atoms with Crippen molar-refractivity contribution in [1.82, 2.24) is 4.90 Å². The van der Waals surface area contributed by atoms with Crippen molar-refractivity contribution >= 4 is 8.56 Å². The zero-order chi connectivity index (χ0) is 42.2. The Morgan fingerprint density at radius 3 is 1.49 bits per heavy atom. The van der Waals surface area contributed by atoms with Gasteiger partial charge in [-0.1, -0.05) is 182 Å². The van der Waals surface area contributed by atoms with Gasteiger partial charge in [0.1, 0.15) is 6.29 Å². The maximum Gasteiger partial charge on any atom is 0.333 e. The lowest BCUT2D eigenvalue weighted by Gasteiger charge is -2.30. The molecule has 7 heteroatoms. The van der Waals surface area contributed by atoms with Crippen LogP contribution in [0.15, 0.2) is 12.2 Å². The number of aliphatic hydroxyl groups is 2. The Hall–Kier alpha value is -0.283. The summed E-state index contributed by atoms with van der Waals surface area (Å²) in [5, 5.41) is 18.5. The number of hydrogen-bond donors (Lipinski definition) is 2. The second-order valence-corrected chi connectivity index (χ2v) is 22.4. The number of unbranched alkanes of at least 4 members (excludes halogenated alkanes) is 15. The largest absolute Gasteiger partial charge is 0.395 e. The Morgan fingerprint density at radius 1 is 0.509 bits per heavy atom. The van der Waals surface area contributed by atoms with Crippen molar-refractivity contribution in [2.75, 3.05) is 46.1 Å². The molecular formula is C50H103NO5Si. The van der Waals surface area contributed by atoms with Gasteiger partial charge in [-0.15, -0.1) is 0 Å². The van der Waals surface area contributed by atoms with Crippen molar-refractivity contribution in [2.45, 2.75) is 241 Å². The smallest absolute Gasteiger partial charge is 0.333 e. The molecule has 4 unspecified atom stereocenters. The molecule has 0 aromatic heterocycles. The minimum absolute atomic E-state index is 0.145. The fourth-order valence-electron chi connectivity index (χ4n) is 8.03. The van der Waals surface area contributed by atoms with Gasteiger partial charge in [0, 0.05) is 32.7 Å². The molecule has 0 radical (unpaired) electrons. The van der Waals surface area contributed by atoms with Crippen LogP contribution in [-0.4, -0.2) is 76.0 Å². The van der Waals surface area contributed by atoms with Gasteiger partial charge in [0.2, 0.25) is 0 Å². The molecule has 0 bridgehead atoms. The van der Waals surface area contributed by atoms with Gasteiger partial charge in [0.15, 0.2) is 0 Å². The Labute approximate surface area is 358 Å². The molecule has 0 spiro atoms. The highest BCUT2D eigenvalue weighted by Crippen LogP contribution is 2.25. The zero-order valence-electron chi connectivity index (χ0n) is 39.9. The van der Waals surface area contributed by atoms with E-state index >= 15 is 0 Å².